The summed E-state index contributed by atoms with van der Waals surface area (Å²) in [5, 5.41) is -0.865. The third-order valence-electron chi connectivity index (χ3n) is 3.64. The van der Waals surface area contributed by atoms with Gasteiger partial charge in [-0.15, -0.1) is 23.4 Å². The molecule has 7 heteroatoms. The standard InChI is InChI=1S/C15H20ClNO4S/c1-8(18)21-6-9-7-22-11-5-10(19)17(11)13(9)12(16)14(20)15(2,3)4/h11-12H,5-7H2,1-4H3/t11-,12?/m0/s1. The van der Waals surface area contributed by atoms with E-state index in [1.807, 2.05) is 0 Å². The van der Waals surface area contributed by atoms with Gasteiger partial charge in [0.05, 0.1) is 17.5 Å². The van der Waals surface area contributed by atoms with Gasteiger partial charge in [0, 0.05) is 18.1 Å². The lowest BCUT2D eigenvalue weighted by Crippen LogP contribution is -2.55. The Morgan fingerprint density at radius 1 is 1.45 bits per heavy atom. The summed E-state index contributed by atoms with van der Waals surface area (Å²) in [5.74, 6) is 0.0226. The highest BCUT2D eigenvalue weighted by atomic mass is 35.5. The molecule has 2 aliphatic heterocycles. The molecule has 22 heavy (non-hydrogen) atoms. The second-order valence-corrected chi connectivity index (χ2v) is 8.08. The van der Waals surface area contributed by atoms with Crippen LogP contribution in [0.2, 0.25) is 0 Å². The van der Waals surface area contributed by atoms with Crippen molar-refractivity contribution < 1.29 is 19.1 Å². The number of nitrogens with zero attached hydrogens (tertiary/aromatic N) is 1. The summed E-state index contributed by atoms with van der Waals surface area (Å²) in [6.07, 6.45) is 0.461. The zero-order valence-corrected chi connectivity index (χ0v) is 14.7. The lowest BCUT2D eigenvalue weighted by Gasteiger charge is -2.47. The van der Waals surface area contributed by atoms with Gasteiger partial charge in [-0.3, -0.25) is 14.4 Å². The second-order valence-electron chi connectivity index (χ2n) is 6.48. The van der Waals surface area contributed by atoms with Gasteiger partial charge in [-0.25, -0.2) is 0 Å². The minimum atomic E-state index is -0.904. The molecular formula is C15H20ClNO4S. The van der Waals surface area contributed by atoms with E-state index in [9.17, 15) is 14.4 Å². The van der Waals surface area contributed by atoms with E-state index in [0.29, 0.717) is 17.9 Å². The Kier molecular flexibility index (Phi) is 4.92. The van der Waals surface area contributed by atoms with Crippen LogP contribution in [0.15, 0.2) is 11.3 Å². The number of thioether (sulfide) groups is 1. The van der Waals surface area contributed by atoms with Crippen molar-refractivity contribution in [1.82, 2.24) is 4.90 Å². The highest BCUT2D eigenvalue weighted by Gasteiger charge is 2.47. The number of esters is 1. The monoisotopic (exact) mass is 345 g/mol. The van der Waals surface area contributed by atoms with E-state index in [-0.39, 0.29) is 23.7 Å². The summed E-state index contributed by atoms with van der Waals surface area (Å²) in [5.41, 5.74) is 0.643. The molecule has 0 saturated carbocycles. The first kappa shape index (κ1) is 17.3. The number of Topliss-reactive ketones (excluding diaryl/α,β-unsaturated/α-hetero) is 1. The van der Waals surface area contributed by atoms with Crippen LogP contribution in [0.5, 0.6) is 0 Å². The maximum Gasteiger partial charge on any atom is 0.302 e. The first-order valence-electron chi connectivity index (χ1n) is 7.10. The molecule has 0 spiro atoms. The van der Waals surface area contributed by atoms with Gasteiger partial charge in [-0.05, 0) is 5.57 Å². The van der Waals surface area contributed by atoms with E-state index >= 15 is 0 Å². The molecule has 1 saturated heterocycles. The van der Waals surface area contributed by atoms with Crippen LogP contribution in [0.1, 0.15) is 34.1 Å². The molecule has 0 aromatic heterocycles. The number of halogens is 1. The molecule has 1 unspecified atom stereocenters. The Morgan fingerprint density at radius 3 is 2.59 bits per heavy atom. The van der Waals surface area contributed by atoms with Crippen molar-refractivity contribution in [3.63, 3.8) is 0 Å². The summed E-state index contributed by atoms with van der Waals surface area (Å²) >= 11 is 8.02. The summed E-state index contributed by atoms with van der Waals surface area (Å²) in [7, 11) is 0. The van der Waals surface area contributed by atoms with Crippen molar-refractivity contribution in [3.8, 4) is 0 Å². The zero-order chi connectivity index (χ0) is 16.7. The van der Waals surface area contributed by atoms with Crippen molar-refractivity contribution in [2.24, 2.45) is 5.41 Å². The fraction of sp³-hybridized carbons (Fsp3) is 0.667. The number of hydrogen-bond donors (Lipinski definition) is 0. The van der Waals surface area contributed by atoms with Crippen LogP contribution in [0.25, 0.3) is 0 Å². The molecular weight excluding hydrogens is 326 g/mol. The van der Waals surface area contributed by atoms with Crippen molar-refractivity contribution in [2.45, 2.75) is 44.9 Å². The van der Waals surface area contributed by atoms with E-state index in [4.69, 9.17) is 16.3 Å². The fourth-order valence-corrected chi connectivity index (χ4v) is 4.21. The Bertz CT molecular complexity index is 552. The quantitative estimate of drug-likeness (QED) is 0.444. The zero-order valence-electron chi connectivity index (χ0n) is 13.1. The number of ether oxygens (including phenoxy) is 1. The molecule has 2 rings (SSSR count). The molecule has 1 fully saturated rings. The number of alkyl halides is 1. The molecule has 1 amide bonds. The number of amides is 1. The third kappa shape index (κ3) is 3.33. The predicted octanol–water partition coefficient (Wildman–Crippen LogP) is 2.33. The first-order chi connectivity index (χ1) is 10.1. The van der Waals surface area contributed by atoms with Crippen LogP contribution < -0.4 is 0 Å². The smallest absolute Gasteiger partial charge is 0.302 e. The van der Waals surface area contributed by atoms with Gasteiger partial charge >= 0.3 is 5.97 Å². The van der Waals surface area contributed by atoms with Gasteiger partial charge in [0.15, 0.2) is 5.78 Å². The lowest BCUT2D eigenvalue weighted by atomic mass is 9.86. The molecule has 2 heterocycles. The van der Waals surface area contributed by atoms with Gasteiger partial charge < -0.3 is 9.64 Å². The average Bonchev–Trinajstić information content (AvgIpc) is 2.41. The number of fused-ring (bicyclic) bond motifs is 1. The van der Waals surface area contributed by atoms with Crippen molar-refractivity contribution in [3.05, 3.63) is 11.3 Å². The molecule has 5 nitrogen and oxygen atoms in total. The van der Waals surface area contributed by atoms with Crippen LogP contribution in [0.4, 0.5) is 0 Å². The number of allylic oxidation sites excluding steroid dienone is 1. The van der Waals surface area contributed by atoms with Gasteiger partial charge in [-0.2, -0.15) is 0 Å². The number of carbonyl (C=O) groups is 3. The van der Waals surface area contributed by atoms with E-state index in [2.05, 4.69) is 0 Å². The molecule has 0 aromatic carbocycles. The SMILES string of the molecule is CC(=O)OCC1=C(C(Cl)C(=O)C(C)(C)C)N2C(=O)C[C@@H]2SC1. The topological polar surface area (TPSA) is 63.7 Å². The fourth-order valence-electron chi connectivity index (χ4n) is 2.36. The second kappa shape index (κ2) is 6.24. The van der Waals surface area contributed by atoms with Gasteiger partial charge in [0.1, 0.15) is 12.0 Å². The van der Waals surface area contributed by atoms with Crippen LogP contribution in [0.3, 0.4) is 0 Å². The van der Waals surface area contributed by atoms with Crippen LogP contribution >= 0.6 is 23.4 Å². The Balaban J connectivity index is 2.34. The predicted molar refractivity (Wildman–Crippen MR) is 85.5 cm³/mol. The number of hydrogen-bond acceptors (Lipinski definition) is 5. The Labute approximate surface area is 139 Å². The molecule has 2 aliphatic rings. The maximum atomic E-state index is 12.5. The third-order valence-corrected chi connectivity index (χ3v) is 5.32. The van der Waals surface area contributed by atoms with Gasteiger partial charge in [-0.1, -0.05) is 20.8 Å². The van der Waals surface area contributed by atoms with E-state index in [0.717, 1.165) is 5.57 Å². The Morgan fingerprint density at radius 2 is 2.09 bits per heavy atom. The van der Waals surface area contributed by atoms with E-state index in [1.165, 1.54) is 6.92 Å². The van der Waals surface area contributed by atoms with Crippen molar-refractivity contribution >= 4 is 41.0 Å². The Hall–Kier alpha value is -1.01. The molecule has 0 bridgehead atoms. The molecule has 2 atom stereocenters. The molecule has 0 aromatic rings. The summed E-state index contributed by atoms with van der Waals surface area (Å²) in [4.78, 5) is 37.1. The molecule has 0 aliphatic carbocycles. The number of ketones is 1. The van der Waals surface area contributed by atoms with Crippen LogP contribution in [0, 0.1) is 5.41 Å². The minimum absolute atomic E-state index is 0.0394. The lowest BCUT2D eigenvalue weighted by molar-refractivity contribution is -0.140. The summed E-state index contributed by atoms with van der Waals surface area (Å²) < 4.78 is 5.05. The number of rotatable bonds is 4. The minimum Gasteiger partial charge on any atom is -0.461 e. The van der Waals surface area contributed by atoms with Crippen LogP contribution in [-0.4, -0.2) is 45.7 Å². The molecule has 0 radical (unpaired) electrons. The number of β-lactam (4-membered cyclic amide) rings is 1. The first-order valence-corrected chi connectivity index (χ1v) is 8.58. The van der Waals surface area contributed by atoms with Crippen molar-refractivity contribution in [2.75, 3.05) is 12.4 Å². The number of carbonyl (C=O) groups excluding carboxylic acids is 3. The highest BCUT2D eigenvalue weighted by Crippen LogP contribution is 2.43. The van der Waals surface area contributed by atoms with E-state index in [1.54, 1.807) is 37.4 Å². The van der Waals surface area contributed by atoms with Gasteiger partial charge in [0.25, 0.3) is 0 Å². The maximum absolute atomic E-state index is 12.5. The van der Waals surface area contributed by atoms with Crippen LogP contribution in [-0.2, 0) is 19.1 Å². The average molecular weight is 346 g/mol. The summed E-state index contributed by atoms with van der Waals surface area (Å²) in [6, 6.07) is 0. The van der Waals surface area contributed by atoms with E-state index < -0.39 is 16.8 Å². The largest absolute Gasteiger partial charge is 0.461 e. The molecule has 0 N–H and O–H groups in total. The molecule has 122 valence electrons. The van der Waals surface area contributed by atoms with Crippen molar-refractivity contribution in [1.29, 1.82) is 0 Å². The normalized spacial score (nSPS) is 22.9. The van der Waals surface area contributed by atoms with Gasteiger partial charge in [0.2, 0.25) is 5.91 Å². The highest BCUT2D eigenvalue weighted by molar-refractivity contribution is 8.00. The summed E-state index contributed by atoms with van der Waals surface area (Å²) in [6.45, 7) is 6.78.